The first-order chi connectivity index (χ1) is 17.2. The maximum atomic E-state index is 12.8. The minimum Gasteiger partial charge on any atom is -0.444 e. The second-order valence-corrected chi connectivity index (χ2v) is 17.3. The van der Waals surface area contributed by atoms with Crippen LogP contribution in [0.15, 0.2) is 18.5 Å². The van der Waals surface area contributed by atoms with Crippen LogP contribution in [0.2, 0.25) is 25.7 Å². The molecule has 0 unspecified atom stereocenters. The van der Waals surface area contributed by atoms with Crippen molar-refractivity contribution in [1.29, 1.82) is 0 Å². The third-order valence-electron chi connectivity index (χ3n) is 5.82. The average molecular weight is 533 g/mol. The van der Waals surface area contributed by atoms with Gasteiger partial charge in [0.15, 0.2) is 0 Å². The Morgan fingerprint density at radius 2 is 1.84 bits per heavy atom. The molecule has 1 aliphatic rings. The molecule has 11 nitrogen and oxygen atoms in total. The molecule has 3 rings (SSSR count). The van der Waals surface area contributed by atoms with Crippen LogP contribution >= 0.6 is 0 Å². The summed E-state index contributed by atoms with van der Waals surface area (Å²) in [6, 6.07) is 2.98. The highest BCUT2D eigenvalue weighted by molar-refractivity contribution is 6.76. The van der Waals surface area contributed by atoms with Crippen molar-refractivity contribution in [2.75, 3.05) is 11.9 Å². The molecule has 0 aromatic carbocycles. The van der Waals surface area contributed by atoms with Gasteiger partial charge in [0.05, 0.1) is 11.3 Å². The van der Waals surface area contributed by atoms with Crippen LogP contribution in [0.1, 0.15) is 50.9 Å². The highest BCUT2D eigenvalue weighted by Crippen LogP contribution is 2.32. The largest absolute Gasteiger partial charge is 0.444 e. The predicted octanol–water partition coefficient (Wildman–Crippen LogP) is 3.60. The van der Waals surface area contributed by atoms with Gasteiger partial charge < -0.3 is 24.7 Å². The molecule has 204 valence electrons. The van der Waals surface area contributed by atoms with Gasteiger partial charge in [-0.3, -0.25) is 20.4 Å². The molecule has 0 spiro atoms. The number of anilines is 1. The zero-order valence-corrected chi connectivity index (χ0v) is 23.9. The van der Waals surface area contributed by atoms with Crippen molar-refractivity contribution in [2.24, 2.45) is 0 Å². The van der Waals surface area contributed by atoms with Crippen molar-refractivity contribution >= 4 is 42.7 Å². The fourth-order valence-corrected chi connectivity index (χ4v) is 4.61. The summed E-state index contributed by atoms with van der Waals surface area (Å²) in [5.74, 6) is -0.859. The number of nitrogens with one attached hydrogen (secondary N) is 4. The Balaban J connectivity index is 1.74. The number of rotatable bonds is 9. The number of carbonyl (C=O) groups is 3. The predicted molar refractivity (Wildman–Crippen MR) is 145 cm³/mol. The van der Waals surface area contributed by atoms with Crippen LogP contribution in [-0.4, -0.2) is 59.8 Å². The molecule has 0 radical (unpaired) electrons. The Morgan fingerprint density at radius 3 is 2.46 bits per heavy atom. The third kappa shape index (κ3) is 8.46. The number of hydrogen-bond donors (Lipinski definition) is 4. The number of carbonyl (C=O) groups excluding carboxylic acids is 3. The summed E-state index contributed by atoms with van der Waals surface area (Å²) in [7, 11) is -1.19. The molecule has 0 atom stereocenters. The van der Waals surface area contributed by atoms with Crippen molar-refractivity contribution in [3.8, 4) is 0 Å². The van der Waals surface area contributed by atoms with Crippen LogP contribution in [0, 0.1) is 0 Å². The van der Waals surface area contributed by atoms with Crippen molar-refractivity contribution in [3.63, 3.8) is 0 Å². The van der Waals surface area contributed by atoms with E-state index >= 15 is 0 Å². The van der Waals surface area contributed by atoms with Crippen molar-refractivity contribution in [1.82, 2.24) is 25.7 Å². The van der Waals surface area contributed by atoms with Crippen LogP contribution in [0.4, 0.5) is 10.5 Å². The van der Waals surface area contributed by atoms with Gasteiger partial charge in [0.2, 0.25) is 5.91 Å². The highest BCUT2D eigenvalue weighted by Gasteiger charge is 2.33. The number of amides is 3. The molecule has 0 aliphatic heterocycles. The minimum absolute atomic E-state index is 0.0225. The normalized spacial score (nSPS) is 17.6. The van der Waals surface area contributed by atoms with Gasteiger partial charge in [-0.05, 0) is 45.7 Å². The van der Waals surface area contributed by atoms with Crippen LogP contribution < -0.4 is 21.5 Å². The summed E-state index contributed by atoms with van der Waals surface area (Å²) in [6.07, 6.45) is 4.30. The fourth-order valence-electron chi connectivity index (χ4n) is 3.86. The number of hydrazine groups is 1. The number of aromatic nitrogens is 2. The molecule has 0 saturated heterocycles. The standard InChI is InChI=1S/C25H40N6O5Si/c1-16(32)29-30-23(33)20-14-26-22-19(8-9-31(22)15-35-10-11-37(5,6)7)21(20)27-17-12-18(13-17)28-24(34)36-25(2,3)4/h8-9,14,17-18H,10-13,15H2,1-7H3,(H,26,27)(H,28,34)(H,29,32)(H,30,33)/t17-,18+. The van der Waals surface area contributed by atoms with E-state index in [0.717, 1.165) is 11.4 Å². The lowest BCUT2D eigenvalue weighted by Gasteiger charge is -2.37. The zero-order chi connectivity index (χ0) is 27.4. The van der Waals surface area contributed by atoms with Crippen molar-refractivity contribution < 1.29 is 23.9 Å². The lowest BCUT2D eigenvalue weighted by atomic mass is 9.86. The van der Waals surface area contributed by atoms with E-state index in [4.69, 9.17) is 9.47 Å². The summed E-state index contributed by atoms with van der Waals surface area (Å²) in [6.45, 7) is 14.8. The molecule has 0 bridgehead atoms. The van der Waals surface area contributed by atoms with Crippen LogP contribution in [0.5, 0.6) is 0 Å². The second kappa shape index (κ2) is 11.5. The first-order valence-corrected chi connectivity index (χ1v) is 16.3. The molecule has 1 saturated carbocycles. The van der Waals surface area contributed by atoms with E-state index in [0.29, 0.717) is 43.1 Å². The first-order valence-electron chi connectivity index (χ1n) is 12.6. The molecule has 12 heteroatoms. The summed E-state index contributed by atoms with van der Waals surface area (Å²) in [4.78, 5) is 40.7. The van der Waals surface area contributed by atoms with Gasteiger partial charge in [0.1, 0.15) is 18.0 Å². The van der Waals surface area contributed by atoms with Crippen LogP contribution in [-0.2, 0) is 21.0 Å². The smallest absolute Gasteiger partial charge is 0.407 e. The van der Waals surface area contributed by atoms with E-state index in [-0.39, 0.29) is 18.0 Å². The minimum atomic E-state index is -1.19. The molecule has 2 aromatic rings. The Kier molecular flexibility index (Phi) is 8.85. The summed E-state index contributed by atoms with van der Waals surface area (Å²) in [5.41, 5.74) is 5.79. The van der Waals surface area contributed by atoms with E-state index in [1.54, 1.807) is 0 Å². The molecule has 3 amide bonds. The molecular formula is C25H40N6O5Si. The van der Waals surface area contributed by atoms with Crippen LogP contribution in [0.3, 0.4) is 0 Å². The molecule has 1 aliphatic carbocycles. The SMILES string of the molecule is CC(=O)NNC(=O)c1cnc2c(ccn2COCC[Si](C)(C)C)c1N[C@H]1C[C@@H](NC(=O)OC(C)(C)C)C1. The maximum Gasteiger partial charge on any atom is 0.407 e. The topological polar surface area (TPSA) is 136 Å². The number of alkyl carbamates (subject to hydrolysis) is 1. The average Bonchev–Trinajstić information content (AvgIpc) is 3.15. The van der Waals surface area contributed by atoms with Crippen LogP contribution in [0.25, 0.3) is 11.0 Å². The summed E-state index contributed by atoms with van der Waals surface area (Å²) in [5, 5.41) is 7.11. The number of pyridine rings is 1. The van der Waals surface area contributed by atoms with Crippen molar-refractivity contribution in [3.05, 3.63) is 24.0 Å². The molecule has 2 aromatic heterocycles. The lowest BCUT2D eigenvalue weighted by Crippen LogP contribution is -2.51. The highest BCUT2D eigenvalue weighted by atomic mass is 28.3. The van der Waals surface area contributed by atoms with Gasteiger partial charge in [-0.1, -0.05) is 19.6 Å². The Morgan fingerprint density at radius 1 is 1.14 bits per heavy atom. The molecule has 2 heterocycles. The van der Waals surface area contributed by atoms with Gasteiger partial charge in [0.25, 0.3) is 5.91 Å². The van der Waals surface area contributed by atoms with E-state index in [2.05, 4.69) is 46.1 Å². The number of ether oxygens (including phenoxy) is 2. The Hall–Kier alpha value is -3.12. The monoisotopic (exact) mass is 532 g/mol. The number of nitrogens with zero attached hydrogens (tertiary/aromatic N) is 2. The van der Waals surface area contributed by atoms with Gasteiger partial charge in [-0.15, -0.1) is 0 Å². The van der Waals surface area contributed by atoms with E-state index in [1.807, 2.05) is 37.6 Å². The number of hydrogen-bond acceptors (Lipinski definition) is 7. The Bertz CT molecular complexity index is 1130. The fraction of sp³-hybridized carbons (Fsp3) is 0.600. The zero-order valence-electron chi connectivity index (χ0n) is 22.9. The summed E-state index contributed by atoms with van der Waals surface area (Å²) < 4.78 is 13.1. The van der Waals surface area contributed by atoms with E-state index in [9.17, 15) is 14.4 Å². The molecular weight excluding hydrogens is 492 g/mol. The van der Waals surface area contributed by atoms with Gasteiger partial charge in [-0.25, -0.2) is 9.78 Å². The second-order valence-electron chi connectivity index (χ2n) is 11.7. The summed E-state index contributed by atoms with van der Waals surface area (Å²) >= 11 is 0. The quantitative estimate of drug-likeness (QED) is 0.220. The number of fused-ring (bicyclic) bond motifs is 1. The molecule has 4 N–H and O–H groups in total. The Labute approximate surface area is 219 Å². The maximum absolute atomic E-state index is 12.8. The van der Waals surface area contributed by atoms with Gasteiger partial charge >= 0.3 is 6.09 Å². The molecule has 1 fully saturated rings. The third-order valence-corrected chi connectivity index (χ3v) is 7.52. The van der Waals surface area contributed by atoms with Gasteiger partial charge in [0, 0.05) is 51.5 Å². The lowest BCUT2D eigenvalue weighted by molar-refractivity contribution is -0.119. The van der Waals surface area contributed by atoms with Gasteiger partial charge in [-0.2, -0.15) is 0 Å². The van der Waals surface area contributed by atoms with Crippen molar-refractivity contribution in [2.45, 2.75) is 90.6 Å². The first kappa shape index (κ1) is 28.4. The van der Waals surface area contributed by atoms with E-state index < -0.39 is 25.7 Å². The molecule has 37 heavy (non-hydrogen) atoms. The van der Waals surface area contributed by atoms with E-state index in [1.165, 1.54) is 13.1 Å².